The Morgan fingerprint density at radius 2 is 2.11 bits per heavy atom. The van der Waals surface area contributed by atoms with Crippen molar-refractivity contribution in [2.45, 2.75) is 13.5 Å². The van der Waals surface area contributed by atoms with Gasteiger partial charge >= 0.3 is 0 Å². The lowest BCUT2D eigenvalue weighted by Gasteiger charge is -2.09. The molecule has 0 bridgehead atoms. The van der Waals surface area contributed by atoms with Gasteiger partial charge in [-0.2, -0.15) is 0 Å². The van der Waals surface area contributed by atoms with Crippen molar-refractivity contribution in [2.75, 3.05) is 26.0 Å². The molecular weight excluding hydrogens is 268 g/mol. The number of sulfonamides is 1. The van der Waals surface area contributed by atoms with Crippen LogP contribution in [0.15, 0.2) is 18.2 Å². The number of phenolic OH excluding ortho intramolecular Hbond substituents is 1. The topological polar surface area (TPSA) is 87.7 Å². The molecule has 0 aromatic heterocycles. The molecule has 6 nitrogen and oxygen atoms in total. The molecule has 3 N–H and O–H groups in total. The number of methoxy groups -OCH3 is 1. The Morgan fingerprint density at radius 1 is 1.37 bits per heavy atom. The van der Waals surface area contributed by atoms with Gasteiger partial charge in [-0.3, -0.25) is 0 Å². The second-order valence-corrected chi connectivity index (χ2v) is 5.91. The van der Waals surface area contributed by atoms with E-state index >= 15 is 0 Å². The van der Waals surface area contributed by atoms with Crippen molar-refractivity contribution in [3.8, 4) is 11.5 Å². The van der Waals surface area contributed by atoms with Crippen molar-refractivity contribution in [1.29, 1.82) is 0 Å². The van der Waals surface area contributed by atoms with Crippen molar-refractivity contribution in [3.63, 3.8) is 0 Å². The molecule has 0 fully saturated rings. The molecule has 0 amide bonds. The summed E-state index contributed by atoms with van der Waals surface area (Å²) >= 11 is 0. The molecule has 7 heteroatoms. The van der Waals surface area contributed by atoms with Crippen LogP contribution in [0, 0.1) is 0 Å². The van der Waals surface area contributed by atoms with E-state index in [4.69, 9.17) is 4.74 Å². The second-order valence-electron chi connectivity index (χ2n) is 3.99. The van der Waals surface area contributed by atoms with Crippen LogP contribution in [-0.2, 0) is 16.6 Å². The molecule has 108 valence electrons. The van der Waals surface area contributed by atoms with Crippen molar-refractivity contribution in [2.24, 2.45) is 0 Å². The largest absolute Gasteiger partial charge is 0.508 e. The highest BCUT2D eigenvalue weighted by Gasteiger charge is 2.08. The van der Waals surface area contributed by atoms with Crippen molar-refractivity contribution >= 4 is 10.0 Å². The van der Waals surface area contributed by atoms with Gasteiger partial charge in [0.05, 0.1) is 12.9 Å². The first-order valence-electron chi connectivity index (χ1n) is 6.02. The van der Waals surface area contributed by atoms with Crippen molar-refractivity contribution in [1.82, 2.24) is 10.0 Å². The third kappa shape index (κ3) is 5.46. The first kappa shape index (κ1) is 15.7. The van der Waals surface area contributed by atoms with E-state index in [2.05, 4.69) is 10.0 Å². The molecule has 0 aliphatic rings. The fourth-order valence-electron chi connectivity index (χ4n) is 1.55. The Labute approximate surface area is 113 Å². The van der Waals surface area contributed by atoms with Crippen LogP contribution in [0.2, 0.25) is 0 Å². The standard InChI is InChI=1S/C12H20N2O4S/c1-3-14-19(16,17)7-6-13-9-10-8-11(18-2)4-5-12(10)15/h4-5,8,13-15H,3,6-7,9H2,1-2H3. The van der Waals surface area contributed by atoms with Gasteiger partial charge in [-0.15, -0.1) is 0 Å². The highest BCUT2D eigenvalue weighted by molar-refractivity contribution is 7.89. The molecule has 0 saturated heterocycles. The summed E-state index contributed by atoms with van der Waals surface area (Å²) in [6.45, 7) is 2.81. The van der Waals surface area contributed by atoms with Crippen LogP contribution in [0.3, 0.4) is 0 Å². The molecule has 0 aliphatic heterocycles. The van der Waals surface area contributed by atoms with Crippen LogP contribution >= 0.6 is 0 Å². The van der Waals surface area contributed by atoms with Crippen molar-refractivity contribution in [3.05, 3.63) is 23.8 Å². The molecule has 0 radical (unpaired) electrons. The fraction of sp³-hybridized carbons (Fsp3) is 0.500. The summed E-state index contributed by atoms with van der Waals surface area (Å²) in [5, 5.41) is 12.6. The SMILES string of the molecule is CCNS(=O)(=O)CCNCc1cc(OC)ccc1O. The number of hydrogen-bond donors (Lipinski definition) is 3. The van der Waals surface area contributed by atoms with Crippen LogP contribution in [-0.4, -0.2) is 39.5 Å². The summed E-state index contributed by atoms with van der Waals surface area (Å²) in [5.41, 5.74) is 0.667. The molecule has 1 aromatic rings. The average molecular weight is 288 g/mol. The zero-order chi connectivity index (χ0) is 14.3. The van der Waals surface area contributed by atoms with E-state index in [1.807, 2.05) is 0 Å². The molecule has 0 spiro atoms. The molecule has 19 heavy (non-hydrogen) atoms. The second kappa shape index (κ2) is 7.32. The minimum Gasteiger partial charge on any atom is -0.508 e. The van der Waals surface area contributed by atoms with Gasteiger partial charge in [0.2, 0.25) is 10.0 Å². The monoisotopic (exact) mass is 288 g/mol. The van der Waals surface area contributed by atoms with Crippen LogP contribution in [0.5, 0.6) is 11.5 Å². The minimum atomic E-state index is -3.21. The summed E-state index contributed by atoms with van der Waals surface area (Å²) in [5.74, 6) is 0.809. The average Bonchev–Trinajstić information content (AvgIpc) is 2.36. The Balaban J connectivity index is 2.45. The van der Waals surface area contributed by atoms with Gasteiger partial charge in [-0.1, -0.05) is 6.92 Å². The van der Waals surface area contributed by atoms with Gasteiger partial charge in [0.15, 0.2) is 0 Å². The predicted octanol–water partition coefficient (Wildman–Crippen LogP) is 0.430. The van der Waals surface area contributed by atoms with Crippen LogP contribution in [0.1, 0.15) is 12.5 Å². The molecule has 0 heterocycles. The third-order valence-corrected chi connectivity index (χ3v) is 3.98. The maximum atomic E-state index is 11.4. The normalized spacial score (nSPS) is 11.5. The highest BCUT2D eigenvalue weighted by atomic mass is 32.2. The highest BCUT2D eigenvalue weighted by Crippen LogP contribution is 2.22. The van der Waals surface area contributed by atoms with E-state index < -0.39 is 10.0 Å². The van der Waals surface area contributed by atoms with E-state index in [1.54, 1.807) is 32.2 Å². The zero-order valence-electron chi connectivity index (χ0n) is 11.1. The summed E-state index contributed by atoms with van der Waals surface area (Å²) < 4.78 is 30.2. The number of ether oxygens (including phenoxy) is 1. The molecule has 0 unspecified atom stereocenters. The molecule has 0 saturated carbocycles. The van der Waals surface area contributed by atoms with Gasteiger partial charge in [-0.25, -0.2) is 13.1 Å². The summed E-state index contributed by atoms with van der Waals surface area (Å²) in [7, 11) is -1.66. The predicted molar refractivity (Wildman–Crippen MR) is 73.8 cm³/mol. The van der Waals surface area contributed by atoms with E-state index in [0.717, 1.165) is 0 Å². The quantitative estimate of drug-likeness (QED) is 0.604. The first-order chi connectivity index (χ1) is 8.98. The number of rotatable bonds is 8. The van der Waals surface area contributed by atoms with Gasteiger partial charge < -0.3 is 15.2 Å². The summed E-state index contributed by atoms with van der Waals surface area (Å²) in [6, 6.07) is 4.92. The fourth-order valence-corrected chi connectivity index (χ4v) is 2.55. The van der Waals surface area contributed by atoms with E-state index in [9.17, 15) is 13.5 Å². The smallest absolute Gasteiger partial charge is 0.212 e. The third-order valence-electron chi connectivity index (χ3n) is 2.51. The first-order valence-corrected chi connectivity index (χ1v) is 7.67. The van der Waals surface area contributed by atoms with Crippen LogP contribution in [0.4, 0.5) is 0 Å². The molecule has 0 atom stereocenters. The lowest BCUT2D eigenvalue weighted by atomic mass is 10.2. The number of aromatic hydroxyl groups is 1. The number of hydrogen-bond acceptors (Lipinski definition) is 5. The summed E-state index contributed by atoms with van der Waals surface area (Å²) in [4.78, 5) is 0. The molecular formula is C12H20N2O4S. The lowest BCUT2D eigenvalue weighted by Crippen LogP contribution is -2.31. The van der Waals surface area contributed by atoms with Gasteiger partial charge in [0, 0.05) is 25.2 Å². The van der Waals surface area contributed by atoms with Crippen LogP contribution in [0.25, 0.3) is 0 Å². The molecule has 1 rings (SSSR count). The maximum absolute atomic E-state index is 11.4. The van der Waals surface area contributed by atoms with E-state index in [1.165, 1.54) is 0 Å². The van der Waals surface area contributed by atoms with Crippen molar-refractivity contribution < 1.29 is 18.3 Å². The van der Waals surface area contributed by atoms with E-state index in [0.29, 0.717) is 30.9 Å². The summed E-state index contributed by atoms with van der Waals surface area (Å²) in [6.07, 6.45) is 0. The Kier molecular flexibility index (Phi) is 6.07. The maximum Gasteiger partial charge on any atom is 0.212 e. The van der Waals surface area contributed by atoms with Gasteiger partial charge in [0.1, 0.15) is 11.5 Å². The molecule has 1 aromatic carbocycles. The lowest BCUT2D eigenvalue weighted by molar-refractivity contribution is 0.410. The number of phenols is 1. The number of nitrogens with one attached hydrogen (secondary N) is 2. The van der Waals surface area contributed by atoms with Crippen LogP contribution < -0.4 is 14.8 Å². The Morgan fingerprint density at radius 3 is 2.74 bits per heavy atom. The Hall–Kier alpha value is -1.31. The minimum absolute atomic E-state index is 0.00553. The zero-order valence-corrected chi connectivity index (χ0v) is 12.0. The Bertz CT molecular complexity index is 502. The van der Waals surface area contributed by atoms with Gasteiger partial charge in [-0.05, 0) is 18.2 Å². The van der Waals surface area contributed by atoms with E-state index in [-0.39, 0.29) is 11.5 Å². The number of benzene rings is 1. The molecule has 0 aliphatic carbocycles. The van der Waals surface area contributed by atoms with Gasteiger partial charge in [0.25, 0.3) is 0 Å².